The van der Waals surface area contributed by atoms with Crippen molar-refractivity contribution < 1.29 is 10.2 Å². The van der Waals surface area contributed by atoms with Gasteiger partial charge in [0.1, 0.15) is 0 Å². The number of thioether (sulfide) groups is 1. The first-order chi connectivity index (χ1) is 7.76. The molecule has 2 nitrogen and oxygen atoms in total. The summed E-state index contributed by atoms with van der Waals surface area (Å²) in [5, 5.41) is 18.2. The topological polar surface area (TPSA) is 40.5 Å². The van der Waals surface area contributed by atoms with Gasteiger partial charge >= 0.3 is 0 Å². The summed E-state index contributed by atoms with van der Waals surface area (Å²) in [6.07, 6.45) is 0.882. The highest BCUT2D eigenvalue weighted by Crippen LogP contribution is 2.23. The van der Waals surface area contributed by atoms with Crippen LogP contribution in [0.2, 0.25) is 0 Å². The van der Waals surface area contributed by atoms with E-state index in [-0.39, 0.29) is 25.0 Å². The van der Waals surface area contributed by atoms with Gasteiger partial charge < -0.3 is 10.2 Å². The van der Waals surface area contributed by atoms with E-state index in [9.17, 15) is 5.11 Å². The molecule has 0 spiro atoms. The highest BCUT2D eigenvalue weighted by Gasteiger charge is 2.12. The zero-order valence-electron chi connectivity index (χ0n) is 9.67. The van der Waals surface area contributed by atoms with E-state index in [1.165, 1.54) is 4.90 Å². The molecule has 0 fully saturated rings. The van der Waals surface area contributed by atoms with E-state index in [4.69, 9.17) is 5.11 Å². The van der Waals surface area contributed by atoms with Gasteiger partial charge in [0, 0.05) is 23.9 Å². The number of aliphatic hydroxyl groups excluding tert-OH is 2. The normalized spacial score (nSPS) is 14.7. The van der Waals surface area contributed by atoms with Crippen molar-refractivity contribution in [2.24, 2.45) is 11.8 Å². The van der Waals surface area contributed by atoms with Crippen LogP contribution in [0.25, 0.3) is 0 Å². The van der Waals surface area contributed by atoms with Crippen molar-refractivity contribution in [1.29, 1.82) is 0 Å². The maximum atomic E-state index is 9.25. The van der Waals surface area contributed by atoms with Crippen LogP contribution >= 0.6 is 11.8 Å². The number of hydrogen-bond acceptors (Lipinski definition) is 3. The Balaban J connectivity index is 2.34. The van der Waals surface area contributed by atoms with E-state index >= 15 is 0 Å². The molecule has 1 rings (SSSR count). The fraction of sp³-hybridized carbons (Fsp3) is 0.538. The second-order valence-corrected chi connectivity index (χ2v) is 5.29. The van der Waals surface area contributed by atoms with Crippen molar-refractivity contribution >= 4 is 11.8 Å². The fourth-order valence-corrected chi connectivity index (χ4v) is 2.59. The van der Waals surface area contributed by atoms with Crippen molar-refractivity contribution in [2.45, 2.75) is 18.2 Å². The van der Waals surface area contributed by atoms with Crippen molar-refractivity contribution in [2.75, 3.05) is 19.0 Å². The average Bonchev–Trinajstić information content (AvgIpc) is 2.35. The molecule has 2 N–H and O–H groups in total. The molecule has 0 aromatic heterocycles. The molecule has 90 valence electrons. The molecular weight excluding hydrogens is 220 g/mol. The summed E-state index contributed by atoms with van der Waals surface area (Å²) in [4.78, 5) is 1.23. The van der Waals surface area contributed by atoms with Crippen LogP contribution in [0.3, 0.4) is 0 Å². The van der Waals surface area contributed by atoms with Crippen molar-refractivity contribution in [1.82, 2.24) is 0 Å². The Bertz CT molecular complexity index is 277. The van der Waals surface area contributed by atoms with Crippen LogP contribution < -0.4 is 0 Å². The summed E-state index contributed by atoms with van der Waals surface area (Å²) in [7, 11) is 0. The monoisotopic (exact) mass is 240 g/mol. The first-order valence-corrected chi connectivity index (χ1v) is 6.64. The van der Waals surface area contributed by atoms with Crippen molar-refractivity contribution in [3.8, 4) is 0 Å². The SMILES string of the molecule is C[C@@H](CO)C[C@H](CO)CSc1ccccc1. The minimum absolute atomic E-state index is 0.199. The van der Waals surface area contributed by atoms with Crippen LogP contribution in [0.4, 0.5) is 0 Å². The Kier molecular flexibility index (Phi) is 6.53. The largest absolute Gasteiger partial charge is 0.396 e. The van der Waals surface area contributed by atoms with Gasteiger partial charge in [-0.1, -0.05) is 25.1 Å². The van der Waals surface area contributed by atoms with Crippen molar-refractivity contribution in [3.05, 3.63) is 30.3 Å². The number of aliphatic hydroxyl groups is 2. The average molecular weight is 240 g/mol. The summed E-state index contributed by atoms with van der Waals surface area (Å²) < 4.78 is 0. The Morgan fingerprint density at radius 2 is 1.81 bits per heavy atom. The Morgan fingerprint density at radius 3 is 2.38 bits per heavy atom. The summed E-state index contributed by atoms with van der Waals surface area (Å²) in [5.41, 5.74) is 0. The number of benzene rings is 1. The molecule has 1 aromatic rings. The lowest BCUT2D eigenvalue weighted by Crippen LogP contribution is -2.15. The molecule has 0 heterocycles. The summed E-state index contributed by atoms with van der Waals surface area (Å²) in [5.74, 6) is 1.45. The zero-order chi connectivity index (χ0) is 11.8. The van der Waals surface area contributed by atoms with Gasteiger partial charge in [-0.15, -0.1) is 11.8 Å². The minimum atomic E-state index is 0.199. The van der Waals surface area contributed by atoms with Crippen LogP contribution in [0.5, 0.6) is 0 Å². The standard InChI is InChI=1S/C13H20O2S/c1-11(8-14)7-12(9-15)10-16-13-5-3-2-4-6-13/h2-6,11-12,14-15H,7-10H2,1H3/t11-,12-/m1/s1. The molecule has 0 aliphatic heterocycles. The lowest BCUT2D eigenvalue weighted by molar-refractivity contribution is 0.179. The Labute approximate surface area is 102 Å². The third-order valence-corrected chi connectivity index (χ3v) is 3.78. The van der Waals surface area contributed by atoms with Crippen LogP contribution in [-0.2, 0) is 0 Å². The second-order valence-electron chi connectivity index (χ2n) is 4.20. The summed E-state index contributed by atoms with van der Waals surface area (Å²) >= 11 is 1.76. The van der Waals surface area contributed by atoms with Gasteiger partial charge in [0.25, 0.3) is 0 Å². The second kappa shape index (κ2) is 7.71. The number of hydrogen-bond donors (Lipinski definition) is 2. The van der Waals surface area contributed by atoms with Gasteiger partial charge in [0.05, 0.1) is 0 Å². The third-order valence-electron chi connectivity index (χ3n) is 2.53. The molecule has 0 bridgehead atoms. The van der Waals surface area contributed by atoms with Crippen LogP contribution in [0, 0.1) is 11.8 Å². The smallest absolute Gasteiger partial charge is 0.0467 e. The minimum Gasteiger partial charge on any atom is -0.396 e. The van der Waals surface area contributed by atoms with E-state index < -0.39 is 0 Å². The van der Waals surface area contributed by atoms with E-state index in [0.29, 0.717) is 0 Å². The van der Waals surface area contributed by atoms with Gasteiger partial charge in [-0.3, -0.25) is 0 Å². The molecule has 1 aromatic carbocycles. The zero-order valence-corrected chi connectivity index (χ0v) is 10.5. The molecule has 0 aliphatic carbocycles. The van der Waals surface area contributed by atoms with E-state index in [1.54, 1.807) is 11.8 Å². The van der Waals surface area contributed by atoms with E-state index in [0.717, 1.165) is 12.2 Å². The van der Waals surface area contributed by atoms with Gasteiger partial charge in [-0.25, -0.2) is 0 Å². The maximum Gasteiger partial charge on any atom is 0.0467 e. The molecule has 0 unspecified atom stereocenters. The van der Waals surface area contributed by atoms with Gasteiger partial charge in [-0.05, 0) is 30.4 Å². The quantitative estimate of drug-likeness (QED) is 0.719. The molecule has 0 amide bonds. The molecule has 3 heteroatoms. The maximum absolute atomic E-state index is 9.25. The third kappa shape index (κ3) is 5.01. The Morgan fingerprint density at radius 1 is 1.12 bits per heavy atom. The molecule has 0 radical (unpaired) electrons. The first-order valence-electron chi connectivity index (χ1n) is 5.65. The van der Waals surface area contributed by atoms with Crippen molar-refractivity contribution in [3.63, 3.8) is 0 Å². The van der Waals surface area contributed by atoms with E-state index in [2.05, 4.69) is 12.1 Å². The fourth-order valence-electron chi connectivity index (χ4n) is 1.57. The molecular formula is C13H20O2S. The molecule has 0 saturated carbocycles. The summed E-state index contributed by atoms with van der Waals surface area (Å²) in [6, 6.07) is 10.2. The predicted octanol–water partition coefficient (Wildman–Crippen LogP) is 2.41. The molecule has 16 heavy (non-hydrogen) atoms. The summed E-state index contributed by atoms with van der Waals surface area (Å²) in [6.45, 7) is 2.41. The van der Waals surface area contributed by atoms with Gasteiger partial charge in [0.2, 0.25) is 0 Å². The van der Waals surface area contributed by atoms with Gasteiger partial charge in [0.15, 0.2) is 0 Å². The highest BCUT2D eigenvalue weighted by molar-refractivity contribution is 7.99. The molecule has 0 saturated heterocycles. The predicted molar refractivity (Wildman–Crippen MR) is 68.6 cm³/mol. The number of rotatable bonds is 7. The Hall–Kier alpha value is -0.510. The highest BCUT2D eigenvalue weighted by atomic mass is 32.2. The van der Waals surface area contributed by atoms with Crippen LogP contribution in [0.15, 0.2) is 35.2 Å². The lowest BCUT2D eigenvalue weighted by atomic mass is 9.99. The molecule has 0 aliphatic rings. The first kappa shape index (κ1) is 13.6. The van der Waals surface area contributed by atoms with Crippen LogP contribution in [0.1, 0.15) is 13.3 Å². The van der Waals surface area contributed by atoms with Gasteiger partial charge in [-0.2, -0.15) is 0 Å². The lowest BCUT2D eigenvalue weighted by Gasteiger charge is -2.17. The van der Waals surface area contributed by atoms with E-state index in [1.807, 2.05) is 25.1 Å². The van der Waals surface area contributed by atoms with Crippen LogP contribution in [-0.4, -0.2) is 29.2 Å². The molecule has 2 atom stereocenters.